The summed E-state index contributed by atoms with van der Waals surface area (Å²) >= 11 is 12.3. The van der Waals surface area contributed by atoms with Crippen molar-refractivity contribution in [1.82, 2.24) is 0 Å². The Bertz CT molecular complexity index is 345. The minimum absolute atomic E-state index is 0.00332. The first-order chi connectivity index (χ1) is 7.93. The van der Waals surface area contributed by atoms with Gasteiger partial charge in [0.1, 0.15) is 0 Å². The predicted molar refractivity (Wildman–Crippen MR) is 78.3 cm³/mol. The fourth-order valence-corrected chi connectivity index (χ4v) is 3.31. The molecule has 1 rings (SSSR count). The zero-order valence-electron chi connectivity index (χ0n) is 11.2. The molecule has 0 fully saturated rings. The van der Waals surface area contributed by atoms with Crippen LogP contribution in [0.25, 0.3) is 0 Å². The van der Waals surface area contributed by atoms with Crippen molar-refractivity contribution in [2.75, 3.05) is 11.8 Å². The molecule has 0 atom stereocenters. The number of hydrogen-bond acceptors (Lipinski definition) is 0. The SMILES string of the molecule is Cc1cc(C)cc(CC(CCl)(CCl)C(C)C)c1. The van der Waals surface area contributed by atoms with Crippen molar-refractivity contribution in [3.8, 4) is 0 Å². The third-order valence-electron chi connectivity index (χ3n) is 3.59. The van der Waals surface area contributed by atoms with E-state index in [4.69, 9.17) is 23.2 Å². The molecule has 0 N–H and O–H groups in total. The van der Waals surface area contributed by atoms with Crippen molar-refractivity contribution < 1.29 is 0 Å². The topological polar surface area (TPSA) is 0 Å². The van der Waals surface area contributed by atoms with Crippen molar-refractivity contribution in [3.05, 3.63) is 34.9 Å². The quantitative estimate of drug-likeness (QED) is 0.665. The average molecular weight is 273 g/mol. The van der Waals surface area contributed by atoms with Crippen molar-refractivity contribution in [2.45, 2.75) is 34.1 Å². The van der Waals surface area contributed by atoms with E-state index >= 15 is 0 Å². The molecular formula is C15H22Cl2. The highest BCUT2D eigenvalue weighted by atomic mass is 35.5. The van der Waals surface area contributed by atoms with Crippen LogP contribution in [0, 0.1) is 25.2 Å². The van der Waals surface area contributed by atoms with Crippen LogP contribution in [0.2, 0.25) is 0 Å². The van der Waals surface area contributed by atoms with Gasteiger partial charge >= 0.3 is 0 Å². The van der Waals surface area contributed by atoms with E-state index in [2.05, 4.69) is 45.9 Å². The lowest BCUT2D eigenvalue weighted by Gasteiger charge is -2.34. The van der Waals surface area contributed by atoms with Crippen LogP contribution in [0.3, 0.4) is 0 Å². The second-order valence-corrected chi connectivity index (χ2v) is 5.99. The fraction of sp³-hybridized carbons (Fsp3) is 0.600. The highest BCUT2D eigenvalue weighted by Crippen LogP contribution is 2.35. The molecule has 0 bridgehead atoms. The third kappa shape index (κ3) is 3.63. The summed E-state index contributed by atoms with van der Waals surface area (Å²) in [6.45, 7) is 8.67. The van der Waals surface area contributed by atoms with Gasteiger partial charge in [-0.2, -0.15) is 0 Å². The maximum atomic E-state index is 6.16. The molecule has 0 heterocycles. The van der Waals surface area contributed by atoms with Crippen LogP contribution in [0.1, 0.15) is 30.5 Å². The number of benzene rings is 1. The van der Waals surface area contributed by atoms with E-state index in [1.807, 2.05) is 0 Å². The van der Waals surface area contributed by atoms with Gasteiger partial charge in [-0.25, -0.2) is 0 Å². The van der Waals surface area contributed by atoms with Gasteiger partial charge in [0.15, 0.2) is 0 Å². The summed E-state index contributed by atoms with van der Waals surface area (Å²) in [5.74, 6) is 1.71. The van der Waals surface area contributed by atoms with Crippen molar-refractivity contribution in [3.63, 3.8) is 0 Å². The van der Waals surface area contributed by atoms with Gasteiger partial charge in [0.05, 0.1) is 0 Å². The molecule has 0 aliphatic heterocycles. The van der Waals surface area contributed by atoms with Crippen LogP contribution in [0.15, 0.2) is 18.2 Å². The van der Waals surface area contributed by atoms with E-state index in [0.717, 1.165) is 6.42 Å². The molecule has 0 aromatic heterocycles. The molecule has 0 spiro atoms. The van der Waals surface area contributed by atoms with E-state index in [9.17, 15) is 0 Å². The molecule has 1 aromatic rings. The maximum Gasteiger partial charge on any atom is 0.0297 e. The van der Waals surface area contributed by atoms with E-state index in [1.54, 1.807) is 0 Å². The van der Waals surface area contributed by atoms with Gasteiger partial charge in [-0.05, 0) is 31.7 Å². The lowest BCUT2D eigenvalue weighted by atomic mass is 9.75. The van der Waals surface area contributed by atoms with E-state index in [-0.39, 0.29) is 5.41 Å². The van der Waals surface area contributed by atoms with Crippen LogP contribution in [-0.4, -0.2) is 11.8 Å². The highest BCUT2D eigenvalue weighted by Gasteiger charge is 2.32. The first-order valence-electron chi connectivity index (χ1n) is 6.12. The van der Waals surface area contributed by atoms with Crippen molar-refractivity contribution >= 4 is 23.2 Å². The third-order valence-corrected chi connectivity index (χ3v) is 4.66. The molecule has 0 radical (unpaired) electrons. The summed E-state index contributed by atoms with van der Waals surface area (Å²) < 4.78 is 0. The van der Waals surface area contributed by atoms with Crippen molar-refractivity contribution in [1.29, 1.82) is 0 Å². The Morgan fingerprint density at radius 3 is 1.82 bits per heavy atom. The van der Waals surface area contributed by atoms with Gasteiger partial charge in [0.2, 0.25) is 0 Å². The smallest absolute Gasteiger partial charge is 0.0297 e. The van der Waals surface area contributed by atoms with Crippen LogP contribution in [0.5, 0.6) is 0 Å². The average Bonchev–Trinajstić information content (AvgIpc) is 2.24. The molecule has 0 saturated heterocycles. The highest BCUT2D eigenvalue weighted by molar-refractivity contribution is 6.21. The van der Waals surface area contributed by atoms with Gasteiger partial charge in [0, 0.05) is 17.2 Å². The Morgan fingerprint density at radius 2 is 1.47 bits per heavy atom. The number of halogens is 2. The summed E-state index contributed by atoms with van der Waals surface area (Å²) in [5.41, 5.74) is 3.96. The molecule has 0 aliphatic carbocycles. The number of alkyl halides is 2. The van der Waals surface area contributed by atoms with E-state index < -0.39 is 0 Å². The minimum atomic E-state index is 0.00332. The summed E-state index contributed by atoms with van der Waals surface area (Å²) in [4.78, 5) is 0. The molecule has 1 aromatic carbocycles. The van der Waals surface area contributed by atoms with Crippen LogP contribution in [0.4, 0.5) is 0 Å². The molecule has 0 amide bonds. The van der Waals surface area contributed by atoms with Gasteiger partial charge in [-0.15, -0.1) is 23.2 Å². The summed E-state index contributed by atoms with van der Waals surface area (Å²) in [6.07, 6.45) is 0.959. The van der Waals surface area contributed by atoms with Crippen molar-refractivity contribution in [2.24, 2.45) is 11.3 Å². The molecule has 17 heavy (non-hydrogen) atoms. The summed E-state index contributed by atoms with van der Waals surface area (Å²) in [7, 11) is 0. The van der Waals surface area contributed by atoms with Crippen LogP contribution in [-0.2, 0) is 6.42 Å². The first-order valence-corrected chi connectivity index (χ1v) is 7.19. The number of hydrogen-bond donors (Lipinski definition) is 0. The Labute approximate surface area is 115 Å². The Balaban J connectivity index is 3.01. The number of rotatable bonds is 5. The van der Waals surface area contributed by atoms with Gasteiger partial charge in [-0.3, -0.25) is 0 Å². The molecular weight excluding hydrogens is 251 g/mol. The second kappa shape index (κ2) is 6.11. The summed E-state index contributed by atoms with van der Waals surface area (Å²) in [5, 5.41) is 0. The van der Waals surface area contributed by atoms with Gasteiger partial charge in [-0.1, -0.05) is 43.2 Å². The zero-order valence-corrected chi connectivity index (χ0v) is 12.7. The molecule has 0 nitrogen and oxygen atoms in total. The standard InChI is InChI=1S/C15H22Cl2/c1-11(2)15(9-16,10-17)8-14-6-12(3)5-13(4)7-14/h5-7,11H,8-10H2,1-4H3. The number of aryl methyl sites for hydroxylation is 2. The molecule has 2 heteroatoms. The maximum absolute atomic E-state index is 6.16. The first kappa shape index (κ1) is 14.9. The normalized spacial score (nSPS) is 12.2. The second-order valence-electron chi connectivity index (χ2n) is 5.46. The largest absolute Gasteiger partial charge is 0.126 e. The minimum Gasteiger partial charge on any atom is -0.126 e. The fourth-order valence-electron chi connectivity index (χ4n) is 2.22. The predicted octanol–water partition coefficient (Wildman–Crippen LogP) is 4.97. The molecule has 0 unspecified atom stereocenters. The lowest BCUT2D eigenvalue weighted by Crippen LogP contribution is -2.34. The Morgan fingerprint density at radius 1 is 1.00 bits per heavy atom. The van der Waals surface area contributed by atoms with E-state index in [1.165, 1.54) is 16.7 Å². The molecule has 0 aliphatic rings. The molecule has 0 saturated carbocycles. The Hall–Kier alpha value is -0.200. The van der Waals surface area contributed by atoms with Crippen LogP contribution >= 0.6 is 23.2 Å². The molecule has 96 valence electrons. The lowest BCUT2D eigenvalue weighted by molar-refractivity contribution is 0.259. The monoisotopic (exact) mass is 272 g/mol. The van der Waals surface area contributed by atoms with E-state index in [0.29, 0.717) is 17.7 Å². The van der Waals surface area contributed by atoms with Crippen LogP contribution < -0.4 is 0 Å². The van der Waals surface area contributed by atoms with Gasteiger partial charge < -0.3 is 0 Å². The zero-order chi connectivity index (χ0) is 13.1. The van der Waals surface area contributed by atoms with Gasteiger partial charge in [0.25, 0.3) is 0 Å². The Kier molecular flexibility index (Phi) is 5.34. The summed E-state index contributed by atoms with van der Waals surface area (Å²) in [6, 6.07) is 6.68.